The summed E-state index contributed by atoms with van der Waals surface area (Å²) in [6, 6.07) is 14.5. The Morgan fingerprint density at radius 2 is 1.94 bits per heavy atom. The van der Waals surface area contributed by atoms with Crippen LogP contribution in [0.4, 0.5) is 5.69 Å². The average Bonchev–Trinajstić information content (AvgIpc) is 3.04. The lowest BCUT2D eigenvalue weighted by Crippen LogP contribution is -2.00. The van der Waals surface area contributed by atoms with Gasteiger partial charge in [-0.05, 0) is 29.8 Å². The second kappa shape index (κ2) is 3.85. The molecule has 3 nitrogen and oxygen atoms in total. The molecule has 1 atom stereocenters. The third-order valence-electron chi connectivity index (χ3n) is 3.12. The van der Waals surface area contributed by atoms with Gasteiger partial charge in [0.25, 0.3) is 0 Å². The molecule has 2 aliphatic rings. The van der Waals surface area contributed by atoms with Gasteiger partial charge >= 0.3 is 0 Å². The number of fused-ring (bicyclic) bond motifs is 2. The van der Waals surface area contributed by atoms with E-state index in [0.29, 0.717) is 6.79 Å². The van der Waals surface area contributed by atoms with E-state index in [4.69, 9.17) is 9.47 Å². The molecule has 0 spiro atoms. The van der Waals surface area contributed by atoms with E-state index >= 15 is 0 Å². The Kier molecular flexibility index (Phi) is 2.17. The van der Waals surface area contributed by atoms with Crippen LogP contribution in [0.5, 0.6) is 11.5 Å². The molecule has 4 rings (SSSR count). The summed E-state index contributed by atoms with van der Waals surface area (Å²) in [6.45, 7) is 0.324. The highest BCUT2D eigenvalue weighted by atomic mass is 32.2. The van der Waals surface area contributed by atoms with E-state index in [1.165, 1.54) is 16.1 Å². The molecule has 0 amide bonds. The highest BCUT2D eigenvalue weighted by Crippen LogP contribution is 2.47. The van der Waals surface area contributed by atoms with Crippen molar-refractivity contribution in [3.05, 3.63) is 48.0 Å². The van der Waals surface area contributed by atoms with Crippen LogP contribution in [0.2, 0.25) is 0 Å². The zero-order chi connectivity index (χ0) is 11.9. The SMILES string of the molecule is c1ccc2c(c1)N[C@H](c1ccc3c(c1)OCO3)S2. The highest BCUT2D eigenvalue weighted by Gasteiger charge is 2.24. The molecule has 0 saturated heterocycles. The lowest BCUT2D eigenvalue weighted by atomic mass is 10.2. The first kappa shape index (κ1) is 10.1. The van der Waals surface area contributed by atoms with E-state index in [0.717, 1.165) is 11.5 Å². The Morgan fingerprint density at radius 3 is 2.89 bits per heavy atom. The van der Waals surface area contributed by atoms with Gasteiger partial charge in [-0.2, -0.15) is 0 Å². The molecule has 1 N–H and O–H groups in total. The Balaban J connectivity index is 1.66. The summed E-state index contributed by atoms with van der Waals surface area (Å²) in [6.07, 6.45) is 0. The average molecular weight is 257 g/mol. The van der Waals surface area contributed by atoms with E-state index in [2.05, 4.69) is 41.7 Å². The van der Waals surface area contributed by atoms with Crippen LogP contribution in [-0.2, 0) is 0 Å². The van der Waals surface area contributed by atoms with E-state index < -0.39 is 0 Å². The minimum absolute atomic E-state index is 0.247. The van der Waals surface area contributed by atoms with Crippen LogP contribution < -0.4 is 14.8 Å². The van der Waals surface area contributed by atoms with Gasteiger partial charge in [0.15, 0.2) is 11.5 Å². The molecule has 2 heterocycles. The largest absolute Gasteiger partial charge is 0.454 e. The van der Waals surface area contributed by atoms with Crippen LogP contribution in [0, 0.1) is 0 Å². The molecule has 2 aromatic rings. The van der Waals surface area contributed by atoms with E-state index in [9.17, 15) is 0 Å². The van der Waals surface area contributed by atoms with E-state index in [1.807, 2.05) is 17.8 Å². The maximum absolute atomic E-state index is 5.42. The first-order valence-corrected chi connectivity index (χ1v) is 6.70. The molecular formula is C14H11NO2S. The van der Waals surface area contributed by atoms with Crippen molar-refractivity contribution < 1.29 is 9.47 Å². The molecule has 0 radical (unpaired) electrons. The Labute approximate surface area is 109 Å². The molecule has 0 aliphatic carbocycles. The second-order valence-electron chi connectivity index (χ2n) is 4.25. The molecule has 0 fully saturated rings. The maximum atomic E-state index is 5.42. The van der Waals surface area contributed by atoms with Crippen molar-refractivity contribution in [1.29, 1.82) is 0 Å². The number of rotatable bonds is 1. The quantitative estimate of drug-likeness (QED) is 0.845. The molecule has 2 aliphatic heterocycles. The standard InChI is InChI=1S/C14H11NO2S/c1-2-4-13-10(3-1)15-14(18-13)9-5-6-11-12(7-9)17-8-16-11/h1-7,14-15H,8H2/t14-/m0/s1. The number of hydrogen-bond donors (Lipinski definition) is 1. The number of para-hydroxylation sites is 1. The van der Waals surface area contributed by atoms with Crippen LogP contribution in [0.15, 0.2) is 47.4 Å². The maximum Gasteiger partial charge on any atom is 0.231 e. The first-order chi connectivity index (χ1) is 8.90. The Bertz CT molecular complexity index is 589. The predicted molar refractivity (Wildman–Crippen MR) is 71.2 cm³/mol. The Morgan fingerprint density at radius 1 is 1.06 bits per heavy atom. The van der Waals surface area contributed by atoms with Crippen molar-refractivity contribution in [3.8, 4) is 11.5 Å². The van der Waals surface area contributed by atoms with Crippen LogP contribution in [0.1, 0.15) is 10.9 Å². The van der Waals surface area contributed by atoms with Crippen LogP contribution in [0.3, 0.4) is 0 Å². The van der Waals surface area contributed by atoms with Crippen molar-refractivity contribution in [2.24, 2.45) is 0 Å². The summed E-state index contributed by atoms with van der Waals surface area (Å²) >= 11 is 1.83. The monoisotopic (exact) mass is 257 g/mol. The van der Waals surface area contributed by atoms with Crippen molar-refractivity contribution in [3.63, 3.8) is 0 Å². The van der Waals surface area contributed by atoms with Gasteiger partial charge < -0.3 is 14.8 Å². The minimum atomic E-state index is 0.247. The van der Waals surface area contributed by atoms with Gasteiger partial charge in [0.1, 0.15) is 5.37 Å². The number of nitrogens with one attached hydrogen (secondary N) is 1. The summed E-state index contributed by atoms with van der Waals surface area (Å²) in [4.78, 5) is 1.29. The summed E-state index contributed by atoms with van der Waals surface area (Å²) < 4.78 is 10.7. The predicted octanol–water partition coefficient (Wildman–Crippen LogP) is 3.63. The summed E-state index contributed by atoms with van der Waals surface area (Å²) in [5.74, 6) is 1.67. The molecule has 0 bridgehead atoms. The normalized spacial score (nSPS) is 19.4. The van der Waals surface area contributed by atoms with Gasteiger partial charge in [0.05, 0.1) is 0 Å². The minimum Gasteiger partial charge on any atom is -0.454 e. The summed E-state index contributed by atoms with van der Waals surface area (Å²) in [7, 11) is 0. The number of hydrogen-bond acceptors (Lipinski definition) is 4. The third kappa shape index (κ3) is 1.53. The van der Waals surface area contributed by atoms with Crippen molar-refractivity contribution in [2.45, 2.75) is 10.3 Å². The van der Waals surface area contributed by atoms with Crippen LogP contribution in [0.25, 0.3) is 0 Å². The van der Waals surface area contributed by atoms with Gasteiger partial charge in [0.2, 0.25) is 6.79 Å². The number of ether oxygens (including phenoxy) is 2. The van der Waals surface area contributed by atoms with Gasteiger partial charge in [0, 0.05) is 10.6 Å². The van der Waals surface area contributed by atoms with Crippen LogP contribution in [-0.4, -0.2) is 6.79 Å². The van der Waals surface area contributed by atoms with Crippen LogP contribution >= 0.6 is 11.8 Å². The zero-order valence-electron chi connectivity index (χ0n) is 9.55. The fourth-order valence-corrected chi connectivity index (χ4v) is 3.35. The third-order valence-corrected chi connectivity index (χ3v) is 4.35. The van der Waals surface area contributed by atoms with Crippen molar-refractivity contribution in [2.75, 3.05) is 12.1 Å². The molecule has 4 heteroatoms. The van der Waals surface area contributed by atoms with E-state index in [1.54, 1.807) is 0 Å². The molecule has 90 valence electrons. The molecule has 18 heavy (non-hydrogen) atoms. The molecule has 0 aromatic heterocycles. The fourth-order valence-electron chi connectivity index (χ4n) is 2.21. The smallest absolute Gasteiger partial charge is 0.231 e. The summed E-state index contributed by atoms with van der Waals surface area (Å²) in [5, 5.41) is 3.76. The fraction of sp³-hybridized carbons (Fsp3) is 0.143. The van der Waals surface area contributed by atoms with E-state index in [-0.39, 0.29) is 5.37 Å². The lowest BCUT2D eigenvalue weighted by Gasteiger charge is -2.11. The number of anilines is 1. The topological polar surface area (TPSA) is 30.5 Å². The zero-order valence-corrected chi connectivity index (χ0v) is 10.4. The molecule has 2 aromatic carbocycles. The van der Waals surface area contributed by atoms with Gasteiger partial charge in [-0.3, -0.25) is 0 Å². The van der Waals surface area contributed by atoms with Gasteiger partial charge in [-0.1, -0.05) is 30.0 Å². The Hall–Kier alpha value is -1.81. The second-order valence-corrected chi connectivity index (χ2v) is 5.40. The van der Waals surface area contributed by atoms with Gasteiger partial charge in [-0.25, -0.2) is 0 Å². The summed E-state index contributed by atoms with van der Waals surface area (Å²) in [5.41, 5.74) is 2.41. The lowest BCUT2D eigenvalue weighted by molar-refractivity contribution is 0.174. The molecular weight excluding hydrogens is 246 g/mol. The van der Waals surface area contributed by atoms with Gasteiger partial charge in [-0.15, -0.1) is 0 Å². The molecule has 0 unspecified atom stereocenters. The molecule has 0 saturated carbocycles. The first-order valence-electron chi connectivity index (χ1n) is 5.82. The number of benzene rings is 2. The van der Waals surface area contributed by atoms with Crippen molar-refractivity contribution >= 4 is 17.4 Å². The van der Waals surface area contributed by atoms with Crippen molar-refractivity contribution in [1.82, 2.24) is 0 Å². The highest BCUT2D eigenvalue weighted by molar-refractivity contribution is 8.00. The number of thioether (sulfide) groups is 1.